The highest BCUT2D eigenvalue weighted by Crippen LogP contribution is 2.70. The van der Waals surface area contributed by atoms with Crippen LogP contribution in [0, 0.1) is 5.41 Å². The highest BCUT2D eigenvalue weighted by atomic mass is 35.5. The largest absolute Gasteiger partial charge is 0.494 e. The van der Waals surface area contributed by atoms with Gasteiger partial charge in [-0.05, 0) is 61.1 Å². The molecule has 5 nitrogen and oxygen atoms in total. The molecule has 1 N–H and O–H groups in total. The first-order valence-corrected chi connectivity index (χ1v) is 12.6. The number of amides is 1. The number of aromatic nitrogens is 2. The number of halogens is 2. The lowest BCUT2D eigenvalue weighted by Gasteiger charge is -2.39. The van der Waals surface area contributed by atoms with Gasteiger partial charge < -0.3 is 10.1 Å². The van der Waals surface area contributed by atoms with Crippen molar-refractivity contribution in [3.8, 4) is 5.75 Å². The molecule has 1 saturated carbocycles. The number of nitrogens with one attached hydrogen (secondary N) is 1. The zero-order chi connectivity index (χ0) is 24.3. The zero-order valence-corrected chi connectivity index (χ0v) is 21.5. The highest BCUT2D eigenvalue weighted by molar-refractivity contribution is 6.42. The minimum absolute atomic E-state index is 0.0478. The molecule has 5 rings (SSSR count). The number of carbonyl (C=O) groups excluding carboxylic acids is 1. The molecule has 3 aromatic rings. The van der Waals surface area contributed by atoms with Crippen LogP contribution in [0.15, 0.2) is 36.4 Å². The molecule has 2 unspecified atom stereocenters. The van der Waals surface area contributed by atoms with E-state index in [9.17, 15) is 4.79 Å². The van der Waals surface area contributed by atoms with Crippen LogP contribution < -0.4 is 10.1 Å². The quantitative estimate of drug-likeness (QED) is 0.369. The Balaban J connectivity index is 1.53. The van der Waals surface area contributed by atoms with Crippen molar-refractivity contribution in [2.45, 2.75) is 64.2 Å². The summed E-state index contributed by atoms with van der Waals surface area (Å²) >= 11 is 12.5. The monoisotopic (exact) mass is 497 g/mol. The molecule has 0 spiro atoms. The van der Waals surface area contributed by atoms with Crippen LogP contribution in [0.4, 0.5) is 5.69 Å². The Morgan fingerprint density at radius 1 is 1.00 bits per heavy atom. The van der Waals surface area contributed by atoms with Crippen LogP contribution in [-0.2, 0) is 15.6 Å². The Morgan fingerprint density at radius 2 is 1.62 bits per heavy atom. The smallest absolute Gasteiger partial charge is 0.237 e. The second kappa shape index (κ2) is 8.10. The van der Waals surface area contributed by atoms with Crippen molar-refractivity contribution < 1.29 is 9.53 Å². The van der Waals surface area contributed by atoms with Crippen LogP contribution in [-0.4, -0.2) is 22.5 Å². The van der Waals surface area contributed by atoms with E-state index in [1.165, 1.54) is 0 Å². The number of anilines is 1. The van der Waals surface area contributed by atoms with E-state index in [0.29, 0.717) is 27.7 Å². The summed E-state index contributed by atoms with van der Waals surface area (Å²) in [5.74, 6) is 0.755. The Labute approximate surface area is 210 Å². The van der Waals surface area contributed by atoms with Crippen LogP contribution in [0.1, 0.15) is 64.8 Å². The summed E-state index contributed by atoms with van der Waals surface area (Å²) in [6.07, 6.45) is 3.69. The molecule has 2 aromatic carbocycles. The van der Waals surface area contributed by atoms with Crippen molar-refractivity contribution in [2.24, 2.45) is 5.41 Å². The average Bonchev–Trinajstić information content (AvgIpc) is 3.10. The van der Waals surface area contributed by atoms with Gasteiger partial charge in [0.2, 0.25) is 5.91 Å². The van der Waals surface area contributed by atoms with Gasteiger partial charge in [-0.2, -0.15) is 0 Å². The van der Waals surface area contributed by atoms with Crippen LogP contribution in [0.5, 0.6) is 5.75 Å². The summed E-state index contributed by atoms with van der Waals surface area (Å²) in [7, 11) is 0. The predicted octanol–water partition coefficient (Wildman–Crippen LogP) is 7.08. The van der Waals surface area contributed by atoms with Gasteiger partial charge in [-0.15, -0.1) is 0 Å². The normalized spacial score (nSPS) is 24.3. The van der Waals surface area contributed by atoms with Gasteiger partial charge in [-0.1, -0.05) is 57.3 Å². The van der Waals surface area contributed by atoms with Crippen molar-refractivity contribution in [2.75, 3.05) is 11.9 Å². The number of fused-ring (bicyclic) bond motifs is 6. The molecule has 1 fully saturated rings. The predicted molar refractivity (Wildman–Crippen MR) is 137 cm³/mol. The number of rotatable bonds is 6. The Hall–Kier alpha value is -2.37. The van der Waals surface area contributed by atoms with E-state index in [2.05, 4.69) is 33.0 Å². The number of nitrogens with zero attached hydrogens (tertiary/aromatic N) is 2. The lowest BCUT2D eigenvalue weighted by Crippen LogP contribution is -2.48. The first-order valence-electron chi connectivity index (χ1n) is 11.9. The van der Waals surface area contributed by atoms with E-state index >= 15 is 0 Å². The Bertz CT molecular complexity index is 1290. The first kappa shape index (κ1) is 23.4. The second-order valence-electron chi connectivity index (χ2n) is 10.2. The maximum absolute atomic E-state index is 14.0. The summed E-state index contributed by atoms with van der Waals surface area (Å²) in [6, 6.07) is 11.1. The first-order chi connectivity index (χ1) is 16.1. The van der Waals surface area contributed by atoms with Gasteiger partial charge in [-0.3, -0.25) is 4.79 Å². The zero-order valence-electron chi connectivity index (χ0n) is 20.0. The molecule has 34 heavy (non-hydrogen) atoms. The fourth-order valence-electron chi connectivity index (χ4n) is 5.81. The van der Waals surface area contributed by atoms with E-state index in [-0.39, 0.29) is 16.7 Å². The minimum atomic E-state index is -0.791. The molecule has 7 heteroatoms. The maximum Gasteiger partial charge on any atom is 0.237 e. The van der Waals surface area contributed by atoms with E-state index < -0.39 is 5.41 Å². The molecule has 2 aliphatic rings. The summed E-state index contributed by atoms with van der Waals surface area (Å²) in [6.45, 7) is 9.36. The Kier molecular flexibility index (Phi) is 5.57. The molecular weight excluding hydrogens is 469 g/mol. The van der Waals surface area contributed by atoms with E-state index in [1.54, 1.807) is 12.1 Å². The van der Waals surface area contributed by atoms with Gasteiger partial charge in [0.05, 0.1) is 44.5 Å². The van der Waals surface area contributed by atoms with Gasteiger partial charge in [0, 0.05) is 11.1 Å². The summed E-state index contributed by atoms with van der Waals surface area (Å²) in [5.41, 5.74) is 2.31. The number of carbonyl (C=O) groups is 1. The van der Waals surface area contributed by atoms with Crippen molar-refractivity contribution in [1.29, 1.82) is 0 Å². The lowest BCUT2D eigenvalue weighted by molar-refractivity contribution is -0.125. The number of unbranched alkanes of at least 4 members (excludes halogenated alkanes) is 1. The molecule has 2 atom stereocenters. The third kappa shape index (κ3) is 3.16. The van der Waals surface area contributed by atoms with Gasteiger partial charge in [0.25, 0.3) is 0 Å². The topological polar surface area (TPSA) is 64.1 Å². The fourth-order valence-corrected chi connectivity index (χ4v) is 6.12. The molecule has 178 valence electrons. The van der Waals surface area contributed by atoms with Gasteiger partial charge in [0.15, 0.2) is 0 Å². The summed E-state index contributed by atoms with van der Waals surface area (Å²) in [5, 5.41) is 4.05. The van der Waals surface area contributed by atoms with Crippen LogP contribution >= 0.6 is 23.2 Å². The van der Waals surface area contributed by atoms with Crippen LogP contribution in [0.25, 0.3) is 11.0 Å². The average molecular weight is 498 g/mol. The van der Waals surface area contributed by atoms with Crippen molar-refractivity contribution in [1.82, 2.24) is 9.97 Å². The van der Waals surface area contributed by atoms with E-state index in [1.807, 2.05) is 24.3 Å². The molecule has 2 bridgehead atoms. The van der Waals surface area contributed by atoms with Gasteiger partial charge in [-0.25, -0.2) is 9.97 Å². The number of benzene rings is 2. The summed E-state index contributed by atoms with van der Waals surface area (Å²) in [4.78, 5) is 24.0. The SMILES string of the molecule is CCCCOc1ccc(NC(=O)C23CCC(C)(c4nc5cc(Cl)c(Cl)cc5nc42)C3(C)C)cc1. The molecule has 1 amide bonds. The highest BCUT2D eigenvalue weighted by Gasteiger charge is 2.73. The third-order valence-electron chi connectivity index (χ3n) is 8.35. The van der Waals surface area contributed by atoms with Crippen molar-refractivity contribution in [3.05, 3.63) is 57.8 Å². The maximum atomic E-state index is 14.0. The molecule has 0 saturated heterocycles. The number of hydrogen-bond acceptors (Lipinski definition) is 4. The lowest BCUT2D eigenvalue weighted by atomic mass is 9.63. The van der Waals surface area contributed by atoms with E-state index in [0.717, 1.165) is 48.5 Å². The molecule has 2 aliphatic carbocycles. The number of ether oxygens (including phenoxy) is 1. The molecule has 0 aliphatic heterocycles. The second-order valence-corrected chi connectivity index (χ2v) is 11.0. The molecule has 0 radical (unpaired) electrons. The van der Waals surface area contributed by atoms with Crippen LogP contribution in [0.2, 0.25) is 10.0 Å². The van der Waals surface area contributed by atoms with Crippen LogP contribution in [0.3, 0.4) is 0 Å². The standard InChI is InChI=1S/C27H29Cl2N3O2/c1-5-6-13-34-17-9-7-16(8-10-17)30-24(33)27-12-11-26(4,25(27,2)3)22-23(27)32-21-15-19(29)18(28)14-20(21)31-22/h7-10,14-15H,5-6,11-13H2,1-4H3,(H,30,33). The van der Waals surface area contributed by atoms with Crippen molar-refractivity contribution in [3.63, 3.8) is 0 Å². The number of hydrogen-bond donors (Lipinski definition) is 1. The van der Waals surface area contributed by atoms with Gasteiger partial charge in [0.1, 0.15) is 5.75 Å². The Morgan fingerprint density at radius 3 is 2.24 bits per heavy atom. The van der Waals surface area contributed by atoms with E-state index in [4.69, 9.17) is 37.9 Å². The fraction of sp³-hybridized carbons (Fsp3) is 0.444. The summed E-state index contributed by atoms with van der Waals surface area (Å²) < 4.78 is 5.75. The molecular formula is C27H29Cl2N3O2. The van der Waals surface area contributed by atoms with Gasteiger partial charge >= 0.3 is 0 Å². The molecule has 1 aromatic heterocycles. The van der Waals surface area contributed by atoms with Crippen molar-refractivity contribution >= 4 is 45.8 Å². The molecule has 1 heterocycles. The minimum Gasteiger partial charge on any atom is -0.494 e. The third-order valence-corrected chi connectivity index (χ3v) is 9.07.